The third kappa shape index (κ3) is 2.55. The van der Waals surface area contributed by atoms with Gasteiger partial charge in [0.1, 0.15) is 0 Å². The SMILES string of the molecule is CCC(C)(CN)C(=O)N1CC(C)OCC1C. The predicted octanol–water partition coefficient (Wildman–Crippen LogP) is 0.997. The van der Waals surface area contributed by atoms with Crippen LogP contribution in [0.4, 0.5) is 0 Å². The standard InChI is InChI=1S/C12H24N2O2/c1-5-12(4,8-13)11(15)14-6-10(3)16-7-9(14)2/h9-10H,5-8,13H2,1-4H3. The zero-order chi connectivity index (χ0) is 12.3. The highest BCUT2D eigenvalue weighted by atomic mass is 16.5. The van der Waals surface area contributed by atoms with Crippen molar-refractivity contribution in [2.24, 2.45) is 11.1 Å². The van der Waals surface area contributed by atoms with Crippen LogP contribution in [0.2, 0.25) is 0 Å². The zero-order valence-corrected chi connectivity index (χ0v) is 10.8. The maximum atomic E-state index is 12.4. The molecule has 1 saturated heterocycles. The predicted molar refractivity (Wildman–Crippen MR) is 64.0 cm³/mol. The quantitative estimate of drug-likeness (QED) is 0.784. The van der Waals surface area contributed by atoms with Crippen LogP contribution in [0.5, 0.6) is 0 Å². The number of hydrogen-bond acceptors (Lipinski definition) is 3. The minimum Gasteiger partial charge on any atom is -0.375 e. The minimum atomic E-state index is -0.425. The fourth-order valence-electron chi connectivity index (χ4n) is 1.92. The van der Waals surface area contributed by atoms with E-state index >= 15 is 0 Å². The number of rotatable bonds is 3. The second kappa shape index (κ2) is 5.15. The van der Waals surface area contributed by atoms with Gasteiger partial charge in [-0.15, -0.1) is 0 Å². The Bertz CT molecular complexity index is 251. The molecule has 3 unspecified atom stereocenters. The Morgan fingerprint density at radius 3 is 2.69 bits per heavy atom. The van der Waals surface area contributed by atoms with Crippen LogP contribution in [-0.2, 0) is 9.53 Å². The van der Waals surface area contributed by atoms with Gasteiger partial charge in [-0.1, -0.05) is 6.92 Å². The van der Waals surface area contributed by atoms with E-state index in [1.807, 2.05) is 32.6 Å². The van der Waals surface area contributed by atoms with E-state index < -0.39 is 5.41 Å². The minimum absolute atomic E-state index is 0.124. The lowest BCUT2D eigenvalue weighted by Gasteiger charge is -2.41. The normalized spacial score (nSPS) is 29.9. The summed E-state index contributed by atoms with van der Waals surface area (Å²) < 4.78 is 5.53. The fraction of sp³-hybridized carbons (Fsp3) is 0.917. The Morgan fingerprint density at radius 2 is 2.19 bits per heavy atom. The third-order valence-electron chi connectivity index (χ3n) is 3.62. The summed E-state index contributed by atoms with van der Waals surface area (Å²) in [7, 11) is 0. The molecule has 0 aromatic rings. The number of carbonyl (C=O) groups excluding carboxylic acids is 1. The molecular formula is C12H24N2O2. The lowest BCUT2D eigenvalue weighted by Crippen LogP contribution is -2.55. The highest BCUT2D eigenvalue weighted by Crippen LogP contribution is 2.25. The van der Waals surface area contributed by atoms with Gasteiger partial charge in [0.05, 0.1) is 24.2 Å². The van der Waals surface area contributed by atoms with Crippen molar-refractivity contribution in [3.05, 3.63) is 0 Å². The Balaban J connectivity index is 2.78. The van der Waals surface area contributed by atoms with E-state index in [4.69, 9.17) is 10.5 Å². The van der Waals surface area contributed by atoms with E-state index in [1.165, 1.54) is 0 Å². The lowest BCUT2D eigenvalue weighted by atomic mass is 9.85. The first-order chi connectivity index (χ1) is 7.44. The zero-order valence-electron chi connectivity index (χ0n) is 10.8. The Kier molecular flexibility index (Phi) is 4.33. The molecule has 94 valence electrons. The molecule has 0 radical (unpaired) electrons. The molecule has 1 heterocycles. The molecule has 1 rings (SSSR count). The summed E-state index contributed by atoms with van der Waals surface area (Å²) in [6.07, 6.45) is 0.903. The molecule has 0 saturated carbocycles. The van der Waals surface area contributed by atoms with Crippen molar-refractivity contribution in [3.63, 3.8) is 0 Å². The van der Waals surface area contributed by atoms with E-state index in [2.05, 4.69) is 0 Å². The Morgan fingerprint density at radius 1 is 1.56 bits per heavy atom. The van der Waals surface area contributed by atoms with Gasteiger partial charge < -0.3 is 15.4 Å². The largest absolute Gasteiger partial charge is 0.375 e. The summed E-state index contributed by atoms with van der Waals surface area (Å²) in [4.78, 5) is 14.3. The van der Waals surface area contributed by atoms with Gasteiger partial charge in [0.25, 0.3) is 0 Å². The molecule has 0 aromatic heterocycles. The van der Waals surface area contributed by atoms with Crippen molar-refractivity contribution in [2.75, 3.05) is 19.7 Å². The third-order valence-corrected chi connectivity index (χ3v) is 3.62. The second-order valence-corrected chi connectivity index (χ2v) is 5.07. The topological polar surface area (TPSA) is 55.6 Å². The fourth-order valence-corrected chi connectivity index (χ4v) is 1.92. The molecule has 2 N–H and O–H groups in total. The number of ether oxygens (including phenoxy) is 1. The van der Waals surface area contributed by atoms with Crippen molar-refractivity contribution in [2.45, 2.75) is 46.3 Å². The van der Waals surface area contributed by atoms with E-state index in [9.17, 15) is 4.79 Å². The second-order valence-electron chi connectivity index (χ2n) is 5.07. The number of nitrogens with zero attached hydrogens (tertiary/aromatic N) is 1. The highest BCUT2D eigenvalue weighted by Gasteiger charge is 2.37. The average molecular weight is 228 g/mol. The number of carbonyl (C=O) groups is 1. The van der Waals surface area contributed by atoms with Gasteiger partial charge in [0.15, 0.2) is 0 Å². The van der Waals surface area contributed by atoms with Crippen LogP contribution in [-0.4, -0.2) is 42.6 Å². The van der Waals surface area contributed by atoms with Gasteiger partial charge in [-0.05, 0) is 27.2 Å². The molecular weight excluding hydrogens is 204 g/mol. The van der Waals surface area contributed by atoms with Crippen molar-refractivity contribution >= 4 is 5.91 Å². The molecule has 0 spiro atoms. The summed E-state index contributed by atoms with van der Waals surface area (Å²) in [6, 6.07) is 0.154. The maximum Gasteiger partial charge on any atom is 0.230 e. The highest BCUT2D eigenvalue weighted by molar-refractivity contribution is 5.83. The van der Waals surface area contributed by atoms with Gasteiger partial charge in [-0.25, -0.2) is 0 Å². The maximum absolute atomic E-state index is 12.4. The number of morpholine rings is 1. The van der Waals surface area contributed by atoms with Gasteiger partial charge >= 0.3 is 0 Å². The summed E-state index contributed by atoms with van der Waals surface area (Å²) in [6.45, 7) is 9.68. The first kappa shape index (κ1) is 13.5. The first-order valence-corrected chi connectivity index (χ1v) is 6.07. The number of nitrogens with two attached hydrogens (primary N) is 1. The first-order valence-electron chi connectivity index (χ1n) is 6.07. The van der Waals surface area contributed by atoms with Crippen LogP contribution in [0, 0.1) is 5.41 Å². The van der Waals surface area contributed by atoms with Crippen LogP contribution >= 0.6 is 0 Å². The Hall–Kier alpha value is -0.610. The molecule has 16 heavy (non-hydrogen) atoms. The van der Waals surface area contributed by atoms with Gasteiger partial charge in [0.2, 0.25) is 5.91 Å². The van der Waals surface area contributed by atoms with Crippen molar-refractivity contribution in [1.29, 1.82) is 0 Å². The van der Waals surface area contributed by atoms with Crippen LogP contribution in [0.1, 0.15) is 34.1 Å². The van der Waals surface area contributed by atoms with Crippen molar-refractivity contribution < 1.29 is 9.53 Å². The van der Waals surface area contributed by atoms with E-state index in [0.29, 0.717) is 19.7 Å². The monoisotopic (exact) mass is 228 g/mol. The molecule has 1 aliphatic rings. The van der Waals surface area contributed by atoms with Crippen molar-refractivity contribution in [1.82, 2.24) is 4.90 Å². The molecule has 4 nitrogen and oxygen atoms in total. The van der Waals surface area contributed by atoms with Crippen LogP contribution in [0.25, 0.3) is 0 Å². The van der Waals surface area contributed by atoms with E-state index in [1.54, 1.807) is 0 Å². The smallest absolute Gasteiger partial charge is 0.230 e. The van der Waals surface area contributed by atoms with Crippen LogP contribution in [0.15, 0.2) is 0 Å². The van der Waals surface area contributed by atoms with E-state index in [0.717, 1.165) is 6.42 Å². The van der Waals surface area contributed by atoms with Gasteiger partial charge in [-0.2, -0.15) is 0 Å². The molecule has 1 amide bonds. The molecule has 3 atom stereocenters. The van der Waals surface area contributed by atoms with Gasteiger partial charge in [-0.3, -0.25) is 4.79 Å². The summed E-state index contributed by atoms with van der Waals surface area (Å²) in [5.74, 6) is 0.167. The Labute approximate surface area is 98.1 Å². The molecule has 4 heteroatoms. The van der Waals surface area contributed by atoms with Crippen molar-refractivity contribution in [3.8, 4) is 0 Å². The molecule has 0 aromatic carbocycles. The van der Waals surface area contributed by atoms with E-state index in [-0.39, 0.29) is 18.1 Å². The number of amides is 1. The van der Waals surface area contributed by atoms with Crippen LogP contribution in [0.3, 0.4) is 0 Å². The molecule has 0 bridgehead atoms. The molecule has 1 fully saturated rings. The van der Waals surface area contributed by atoms with Gasteiger partial charge in [0, 0.05) is 13.1 Å². The average Bonchev–Trinajstić information content (AvgIpc) is 2.30. The lowest BCUT2D eigenvalue weighted by molar-refractivity contribution is -0.153. The summed E-state index contributed by atoms with van der Waals surface area (Å²) >= 11 is 0. The number of hydrogen-bond donors (Lipinski definition) is 1. The summed E-state index contributed by atoms with van der Waals surface area (Å²) in [5, 5.41) is 0. The van der Waals surface area contributed by atoms with Crippen LogP contribution < -0.4 is 5.73 Å². The molecule has 0 aliphatic carbocycles. The molecule has 1 aliphatic heterocycles. The summed E-state index contributed by atoms with van der Waals surface area (Å²) in [5.41, 5.74) is 5.30.